The van der Waals surface area contributed by atoms with Crippen LogP contribution in [-0.4, -0.2) is 16.6 Å². The summed E-state index contributed by atoms with van der Waals surface area (Å²) in [7, 11) is 0. The molecule has 5 nitrogen and oxygen atoms in total. The van der Waals surface area contributed by atoms with Crippen molar-refractivity contribution in [3.8, 4) is 5.88 Å². The Balaban J connectivity index is 2.12. The molecule has 3 N–H and O–H groups in total. The minimum atomic E-state index is 0.0590. The molecule has 2 heterocycles. The van der Waals surface area contributed by atoms with Crippen molar-refractivity contribution >= 4 is 34.4 Å². The summed E-state index contributed by atoms with van der Waals surface area (Å²) in [5.41, 5.74) is 6.45. The normalized spacial score (nSPS) is 12.2. The monoisotopic (exact) mass is 312 g/mol. The lowest BCUT2D eigenvalue weighted by Gasteiger charge is -2.15. The van der Waals surface area contributed by atoms with Gasteiger partial charge in [-0.15, -0.1) is 11.3 Å². The average molecular weight is 313 g/mol. The zero-order chi connectivity index (χ0) is 14.5. The number of anilines is 2. The van der Waals surface area contributed by atoms with Crippen molar-refractivity contribution in [3.63, 3.8) is 0 Å². The first-order chi connectivity index (χ1) is 9.61. The van der Waals surface area contributed by atoms with E-state index in [1.165, 1.54) is 17.7 Å². The van der Waals surface area contributed by atoms with Crippen molar-refractivity contribution in [1.82, 2.24) is 9.97 Å². The summed E-state index contributed by atoms with van der Waals surface area (Å²) < 4.78 is 6.24. The minimum Gasteiger partial charge on any atom is -0.476 e. The third-order valence-corrected chi connectivity index (χ3v) is 4.08. The molecule has 1 atom stereocenters. The quantitative estimate of drug-likeness (QED) is 0.850. The Hall–Kier alpha value is -1.53. The molecule has 0 saturated heterocycles. The number of nitrogens with zero attached hydrogens (tertiary/aromatic N) is 2. The van der Waals surface area contributed by atoms with Crippen molar-refractivity contribution in [3.05, 3.63) is 27.7 Å². The number of nitrogens with one attached hydrogen (secondary N) is 1. The number of hydrogen-bond acceptors (Lipinski definition) is 6. The summed E-state index contributed by atoms with van der Waals surface area (Å²) in [5.74, 6) is 0.990. The number of aromatic nitrogens is 2. The van der Waals surface area contributed by atoms with Gasteiger partial charge in [-0.3, -0.25) is 0 Å². The molecule has 2 aromatic rings. The predicted octanol–water partition coefficient (Wildman–Crippen LogP) is 3.74. The molecule has 0 spiro atoms. The van der Waals surface area contributed by atoms with Crippen molar-refractivity contribution in [1.29, 1.82) is 0 Å². The van der Waals surface area contributed by atoms with E-state index in [0.29, 0.717) is 24.0 Å². The summed E-state index contributed by atoms with van der Waals surface area (Å²) in [6.07, 6.45) is 2.34. The molecular weight excluding hydrogens is 296 g/mol. The van der Waals surface area contributed by atoms with Gasteiger partial charge in [0.2, 0.25) is 5.88 Å². The molecule has 20 heavy (non-hydrogen) atoms. The van der Waals surface area contributed by atoms with E-state index in [0.717, 1.165) is 15.6 Å². The van der Waals surface area contributed by atoms with Crippen molar-refractivity contribution in [2.45, 2.75) is 26.3 Å². The molecule has 1 unspecified atom stereocenters. The summed E-state index contributed by atoms with van der Waals surface area (Å²) in [4.78, 5) is 9.32. The fourth-order valence-electron chi connectivity index (χ4n) is 1.65. The van der Waals surface area contributed by atoms with Gasteiger partial charge in [-0.05, 0) is 25.5 Å². The number of rotatable bonds is 6. The van der Waals surface area contributed by atoms with Gasteiger partial charge in [-0.2, -0.15) is 4.98 Å². The zero-order valence-corrected chi connectivity index (χ0v) is 13.0. The molecule has 0 radical (unpaired) electrons. The smallest absolute Gasteiger partial charge is 0.242 e. The highest BCUT2D eigenvalue weighted by atomic mass is 35.5. The van der Waals surface area contributed by atoms with E-state index in [9.17, 15) is 0 Å². The van der Waals surface area contributed by atoms with Gasteiger partial charge in [0.05, 0.1) is 17.0 Å². The maximum atomic E-state index is 6.02. The molecule has 7 heteroatoms. The van der Waals surface area contributed by atoms with Crippen LogP contribution in [0, 0.1) is 0 Å². The van der Waals surface area contributed by atoms with Crippen LogP contribution in [0.1, 0.15) is 31.2 Å². The summed E-state index contributed by atoms with van der Waals surface area (Å²) in [6.45, 7) is 4.63. The first-order valence-electron chi connectivity index (χ1n) is 6.36. The van der Waals surface area contributed by atoms with E-state index < -0.39 is 0 Å². The third kappa shape index (κ3) is 3.52. The molecule has 2 rings (SSSR count). The maximum absolute atomic E-state index is 6.02. The van der Waals surface area contributed by atoms with Gasteiger partial charge < -0.3 is 15.8 Å². The van der Waals surface area contributed by atoms with E-state index in [2.05, 4.69) is 15.3 Å². The largest absolute Gasteiger partial charge is 0.476 e. The number of nitrogens with two attached hydrogens (primary N) is 1. The molecule has 108 valence electrons. The van der Waals surface area contributed by atoms with Crippen LogP contribution in [0.15, 0.2) is 18.5 Å². The lowest BCUT2D eigenvalue weighted by Crippen LogP contribution is -2.11. The summed E-state index contributed by atoms with van der Waals surface area (Å²) >= 11 is 7.47. The fourth-order valence-corrected chi connectivity index (χ4v) is 2.71. The van der Waals surface area contributed by atoms with Crippen LogP contribution in [0.5, 0.6) is 5.88 Å². The molecule has 0 saturated carbocycles. The topological polar surface area (TPSA) is 73.1 Å². The third-order valence-electron chi connectivity index (χ3n) is 2.66. The van der Waals surface area contributed by atoms with Gasteiger partial charge >= 0.3 is 0 Å². The number of halogens is 1. The van der Waals surface area contributed by atoms with Crippen LogP contribution in [0.3, 0.4) is 0 Å². The minimum absolute atomic E-state index is 0.0590. The van der Waals surface area contributed by atoms with Gasteiger partial charge in [0, 0.05) is 4.88 Å². The van der Waals surface area contributed by atoms with Gasteiger partial charge in [-0.25, -0.2) is 4.98 Å². The van der Waals surface area contributed by atoms with E-state index in [1.54, 1.807) is 0 Å². The SMILES string of the molecule is CCCOc1ncnc(NC(C)c2ccc(Cl)s2)c1N. The number of nitrogen functional groups attached to an aromatic ring is 1. The Morgan fingerprint density at radius 1 is 1.45 bits per heavy atom. The van der Waals surface area contributed by atoms with E-state index >= 15 is 0 Å². The fraction of sp³-hybridized carbons (Fsp3) is 0.385. The molecular formula is C13H17ClN4OS. The molecule has 0 aromatic carbocycles. The zero-order valence-electron chi connectivity index (χ0n) is 11.4. The highest BCUT2D eigenvalue weighted by Crippen LogP contribution is 2.31. The van der Waals surface area contributed by atoms with Gasteiger partial charge in [0.1, 0.15) is 12.0 Å². The van der Waals surface area contributed by atoms with Crippen LogP contribution in [0.2, 0.25) is 4.34 Å². The number of ether oxygens (including phenoxy) is 1. The van der Waals surface area contributed by atoms with Crippen molar-refractivity contribution in [2.75, 3.05) is 17.7 Å². The van der Waals surface area contributed by atoms with E-state index in [-0.39, 0.29) is 6.04 Å². The Labute approximate surface area is 127 Å². The Morgan fingerprint density at radius 2 is 2.25 bits per heavy atom. The summed E-state index contributed by atoms with van der Waals surface area (Å²) in [6, 6.07) is 3.92. The van der Waals surface area contributed by atoms with Crippen LogP contribution in [0.4, 0.5) is 11.5 Å². The van der Waals surface area contributed by atoms with Gasteiger partial charge in [-0.1, -0.05) is 18.5 Å². The standard InChI is InChI=1S/C13H17ClN4OS/c1-3-6-19-13-11(15)12(16-7-17-13)18-8(2)9-4-5-10(14)20-9/h4-5,7-8H,3,6,15H2,1-2H3,(H,16,17,18). The first kappa shape index (κ1) is 14.9. The molecule has 0 fully saturated rings. The second-order valence-corrected chi connectivity index (χ2v) is 6.04. The number of thiophene rings is 1. The molecule has 2 aromatic heterocycles. The lowest BCUT2D eigenvalue weighted by molar-refractivity contribution is 0.306. The Bertz CT molecular complexity index is 575. The van der Waals surface area contributed by atoms with Crippen molar-refractivity contribution < 1.29 is 4.74 Å². The van der Waals surface area contributed by atoms with Gasteiger partial charge in [0.15, 0.2) is 5.82 Å². The molecule has 0 aliphatic heterocycles. The average Bonchev–Trinajstić information content (AvgIpc) is 2.86. The molecule has 0 aliphatic carbocycles. The molecule has 0 aliphatic rings. The highest BCUT2D eigenvalue weighted by Gasteiger charge is 2.14. The highest BCUT2D eigenvalue weighted by molar-refractivity contribution is 7.16. The molecule has 0 bridgehead atoms. The van der Waals surface area contributed by atoms with Crippen LogP contribution in [-0.2, 0) is 0 Å². The molecule has 0 amide bonds. The van der Waals surface area contributed by atoms with Crippen LogP contribution >= 0.6 is 22.9 Å². The second-order valence-electron chi connectivity index (χ2n) is 4.30. The Morgan fingerprint density at radius 3 is 2.90 bits per heavy atom. The number of hydrogen-bond donors (Lipinski definition) is 2. The second kappa shape index (κ2) is 6.76. The predicted molar refractivity (Wildman–Crippen MR) is 83.6 cm³/mol. The maximum Gasteiger partial charge on any atom is 0.242 e. The van der Waals surface area contributed by atoms with Crippen LogP contribution < -0.4 is 15.8 Å². The summed E-state index contributed by atoms with van der Waals surface area (Å²) in [5, 5.41) is 3.25. The van der Waals surface area contributed by atoms with E-state index in [1.807, 2.05) is 26.0 Å². The van der Waals surface area contributed by atoms with Gasteiger partial charge in [0.25, 0.3) is 0 Å². The Kier molecular flexibility index (Phi) is 5.03. The van der Waals surface area contributed by atoms with Crippen molar-refractivity contribution in [2.24, 2.45) is 0 Å². The first-order valence-corrected chi connectivity index (χ1v) is 7.56. The lowest BCUT2D eigenvalue weighted by atomic mass is 10.2. The van der Waals surface area contributed by atoms with E-state index in [4.69, 9.17) is 22.1 Å². The van der Waals surface area contributed by atoms with Crippen LogP contribution in [0.25, 0.3) is 0 Å².